The van der Waals surface area contributed by atoms with E-state index in [0.717, 1.165) is 17.2 Å². The maximum absolute atomic E-state index is 5.44. The maximum atomic E-state index is 5.44. The van der Waals surface area contributed by atoms with Gasteiger partial charge in [0.25, 0.3) is 0 Å². The summed E-state index contributed by atoms with van der Waals surface area (Å²) in [5.41, 5.74) is 3.57. The molecule has 3 nitrogen and oxygen atoms in total. The largest absolute Gasteiger partial charge is 0.497 e. The second-order valence-corrected chi connectivity index (χ2v) is 6.08. The molecular weight excluding hydrogens is 344 g/mol. The standard InChI is InChI=1S/C22H22O3S/c1-23-19-9-3-16(4-10-19)22(17-5-11-20(24-2)12-6-17)18-7-13-21(14-8-18)25-15-26/h3-14,22,26H,15H2,1-2H3. The fraction of sp³-hybridized carbons (Fsp3) is 0.182. The van der Waals surface area contributed by atoms with E-state index in [1.54, 1.807) is 14.2 Å². The summed E-state index contributed by atoms with van der Waals surface area (Å²) in [5, 5.41) is 0. The van der Waals surface area contributed by atoms with Gasteiger partial charge in [-0.25, -0.2) is 0 Å². The SMILES string of the molecule is COc1ccc(C(c2ccc(OC)cc2)c2ccc(OCS)cc2)cc1. The summed E-state index contributed by atoms with van der Waals surface area (Å²) in [4.78, 5) is 0. The third-order valence-electron chi connectivity index (χ3n) is 4.34. The highest BCUT2D eigenvalue weighted by Gasteiger charge is 2.17. The van der Waals surface area contributed by atoms with Crippen LogP contribution in [0.25, 0.3) is 0 Å². The number of rotatable bonds is 7. The highest BCUT2D eigenvalue weighted by atomic mass is 32.1. The van der Waals surface area contributed by atoms with Crippen LogP contribution >= 0.6 is 12.6 Å². The molecule has 0 spiro atoms. The van der Waals surface area contributed by atoms with Gasteiger partial charge in [0.05, 0.1) is 14.2 Å². The number of benzene rings is 3. The van der Waals surface area contributed by atoms with Crippen molar-refractivity contribution < 1.29 is 14.2 Å². The molecule has 0 aliphatic carbocycles. The number of hydrogen-bond acceptors (Lipinski definition) is 4. The lowest BCUT2D eigenvalue weighted by Crippen LogP contribution is -2.04. The number of hydrogen-bond donors (Lipinski definition) is 1. The molecule has 3 rings (SSSR count). The summed E-state index contributed by atoms with van der Waals surface area (Å²) in [5.74, 6) is 2.98. The second kappa shape index (κ2) is 8.68. The average molecular weight is 366 g/mol. The summed E-state index contributed by atoms with van der Waals surface area (Å²) in [6.45, 7) is 0. The monoisotopic (exact) mass is 366 g/mol. The molecule has 134 valence electrons. The van der Waals surface area contributed by atoms with Gasteiger partial charge in [-0.05, 0) is 53.1 Å². The van der Waals surface area contributed by atoms with Crippen LogP contribution in [-0.4, -0.2) is 20.2 Å². The minimum Gasteiger partial charge on any atom is -0.497 e. The number of thiol groups is 1. The lowest BCUT2D eigenvalue weighted by Gasteiger charge is -2.20. The zero-order valence-corrected chi connectivity index (χ0v) is 15.8. The zero-order valence-electron chi connectivity index (χ0n) is 14.9. The number of ether oxygens (including phenoxy) is 3. The third kappa shape index (κ3) is 4.14. The molecular formula is C22H22O3S. The Morgan fingerprint density at radius 2 is 0.962 bits per heavy atom. The van der Waals surface area contributed by atoms with Crippen molar-refractivity contribution in [2.24, 2.45) is 0 Å². The number of methoxy groups -OCH3 is 2. The van der Waals surface area contributed by atoms with Crippen LogP contribution in [0.5, 0.6) is 17.2 Å². The fourth-order valence-electron chi connectivity index (χ4n) is 3.00. The van der Waals surface area contributed by atoms with Crippen molar-refractivity contribution in [3.63, 3.8) is 0 Å². The van der Waals surface area contributed by atoms with Gasteiger partial charge in [-0.1, -0.05) is 36.4 Å². The molecule has 0 N–H and O–H groups in total. The van der Waals surface area contributed by atoms with Crippen molar-refractivity contribution in [2.75, 3.05) is 20.2 Å². The van der Waals surface area contributed by atoms with Crippen LogP contribution in [0.4, 0.5) is 0 Å². The molecule has 0 unspecified atom stereocenters. The first-order valence-electron chi connectivity index (χ1n) is 8.36. The van der Waals surface area contributed by atoms with Crippen molar-refractivity contribution in [3.8, 4) is 17.2 Å². The van der Waals surface area contributed by atoms with Crippen molar-refractivity contribution in [2.45, 2.75) is 5.92 Å². The van der Waals surface area contributed by atoms with E-state index in [4.69, 9.17) is 14.2 Å². The Morgan fingerprint density at radius 3 is 1.27 bits per heavy atom. The summed E-state index contributed by atoms with van der Waals surface area (Å²) in [7, 11) is 3.35. The molecule has 0 amide bonds. The molecule has 0 aromatic heterocycles. The molecule has 0 heterocycles. The molecule has 4 heteroatoms. The van der Waals surface area contributed by atoms with E-state index in [9.17, 15) is 0 Å². The first kappa shape index (κ1) is 18.2. The minimum atomic E-state index is 0.108. The smallest absolute Gasteiger partial charge is 0.131 e. The van der Waals surface area contributed by atoms with Crippen LogP contribution in [0.1, 0.15) is 22.6 Å². The quantitative estimate of drug-likeness (QED) is 0.356. The Balaban J connectivity index is 2.01. The summed E-state index contributed by atoms with van der Waals surface area (Å²) in [6.07, 6.45) is 0. The van der Waals surface area contributed by atoms with Gasteiger partial charge in [-0.15, -0.1) is 12.6 Å². The van der Waals surface area contributed by atoms with Crippen molar-refractivity contribution >= 4 is 12.6 Å². The Bertz CT molecular complexity index is 764. The molecule has 0 bridgehead atoms. The van der Waals surface area contributed by atoms with Gasteiger partial charge in [-0.2, -0.15) is 0 Å². The second-order valence-electron chi connectivity index (χ2n) is 5.82. The highest BCUT2D eigenvalue weighted by Crippen LogP contribution is 2.34. The van der Waals surface area contributed by atoms with Crippen molar-refractivity contribution in [3.05, 3.63) is 89.5 Å². The lowest BCUT2D eigenvalue weighted by molar-refractivity contribution is 0.394. The van der Waals surface area contributed by atoms with E-state index in [2.05, 4.69) is 49.0 Å². The molecule has 3 aromatic rings. The van der Waals surface area contributed by atoms with Crippen LogP contribution in [0.2, 0.25) is 0 Å². The van der Waals surface area contributed by atoms with E-state index in [1.807, 2.05) is 36.4 Å². The van der Waals surface area contributed by atoms with Crippen molar-refractivity contribution in [1.29, 1.82) is 0 Å². The van der Waals surface area contributed by atoms with Gasteiger partial charge in [0.1, 0.15) is 23.2 Å². The molecule has 3 aromatic carbocycles. The Kier molecular flexibility index (Phi) is 6.08. The lowest BCUT2D eigenvalue weighted by atomic mass is 9.85. The Labute approximate surface area is 160 Å². The van der Waals surface area contributed by atoms with Crippen LogP contribution in [0, 0.1) is 0 Å². The van der Waals surface area contributed by atoms with Crippen molar-refractivity contribution in [1.82, 2.24) is 0 Å². The first-order chi connectivity index (χ1) is 12.7. The Morgan fingerprint density at radius 1 is 0.615 bits per heavy atom. The third-order valence-corrected chi connectivity index (χ3v) is 4.47. The molecule has 0 aliphatic heterocycles. The highest BCUT2D eigenvalue weighted by molar-refractivity contribution is 7.80. The summed E-state index contributed by atoms with van der Waals surface area (Å²) in [6, 6.07) is 24.5. The van der Waals surface area contributed by atoms with Crippen LogP contribution in [0.15, 0.2) is 72.8 Å². The normalized spacial score (nSPS) is 10.6. The minimum absolute atomic E-state index is 0.108. The summed E-state index contributed by atoms with van der Waals surface area (Å²) < 4.78 is 16.0. The molecule has 26 heavy (non-hydrogen) atoms. The van der Waals surface area contributed by atoms with Gasteiger partial charge in [0.2, 0.25) is 0 Å². The van der Waals surface area contributed by atoms with Gasteiger partial charge < -0.3 is 14.2 Å². The molecule has 0 radical (unpaired) electrons. The molecule has 0 aliphatic rings. The van der Waals surface area contributed by atoms with Gasteiger partial charge >= 0.3 is 0 Å². The molecule has 0 atom stereocenters. The van der Waals surface area contributed by atoms with Gasteiger partial charge in [0, 0.05) is 5.92 Å². The van der Waals surface area contributed by atoms with E-state index >= 15 is 0 Å². The van der Waals surface area contributed by atoms with E-state index in [-0.39, 0.29) is 5.92 Å². The average Bonchev–Trinajstić information content (AvgIpc) is 2.71. The van der Waals surface area contributed by atoms with E-state index < -0.39 is 0 Å². The Hall–Kier alpha value is -2.59. The topological polar surface area (TPSA) is 27.7 Å². The zero-order chi connectivity index (χ0) is 18.4. The van der Waals surface area contributed by atoms with Crippen LogP contribution in [0.3, 0.4) is 0 Å². The predicted molar refractivity (Wildman–Crippen MR) is 108 cm³/mol. The molecule has 0 saturated carbocycles. The maximum Gasteiger partial charge on any atom is 0.131 e. The predicted octanol–water partition coefficient (Wildman–Crippen LogP) is 5.15. The van der Waals surface area contributed by atoms with Gasteiger partial charge in [-0.3, -0.25) is 0 Å². The molecule has 0 fully saturated rings. The van der Waals surface area contributed by atoms with Gasteiger partial charge in [0.15, 0.2) is 0 Å². The molecule has 0 saturated heterocycles. The fourth-order valence-corrected chi connectivity index (χ4v) is 3.15. The van der Waals surface area contributed by atoms with Crippen LogP contribution in [-0.2, 0) is 0 Å². The van der Waals surface area contributed by atoms with Crippen LogP contribution < -0.4 is 14.2 Å². The van der Waals surface area contributed by atoms with E-state index in [0.29, 0.717) is 5.94 Å². The first-order valence-corrected chi connectivity index (χ1v) is 9.00. The summed E-state index contributed by atoms with van der Waals surface area (Å²) >= 11 is 4.10. The van der Waals surface area contributed by atoms with E-state index in [1.165, 1.54) is 16.7 Å².